The second-order valence-electron chi connectivity index (χ2n) is 10.4. The number of nitrogens with two attached hydrogens (primary N) is 1. The maximum Gasteiger partial charge on any atom is 0.407 e. The SMILES string of the molecule is CC(C)(C)OC(=O)NCCNC(=O)CCCN(CCN)CCCC(=O)NCCNC(=O)OC(C)(C)C. The Hall–Kier alpha value is -2.60. The summed E-state index contributed by atoms with van der Waals surface area (Å²) in [5.41, 5.74) is 4.57. The molecule has 0 bridgehead atoms. The number of alkyl carbamates (subject to hydrolysis) is 2. The molecule has 210 valence electrons. The Kier molecular flexibility index (Phi) is 16.5. The van der Waals surface area contributed by atoms with Gasteiger partial charge in [-0.15, -0.1) is 0 Å². The van der Waals surface area contributed by atoms with Gasteiger partial charge in [0.15, 0.2) is 0 Å². The molecule has 0 radical (unpaired) electrons. The Bertz CT molecular complexity index is 621. The van der Waals surface area contributed by atoms with E-state index in [1.54, 1.807) is 41.5 Å². The van der Waals surface area contributed by atoms with Crippen molar-refractivity contribution in [2.24, 2.45) is 5.73 Å². The minimum atomic E-state index is -0.562. The molecule has 12 heteroatoms. The highest BCUT2D eigenvalue weighted by Gasteiger charge is 2.16. The lowest BCUT2D eigenvalue weighted by Crippen LogP contribution is -2.38. The van der Waals surface area contributed by atoms with Crippen LogP contribution in [-0.2, 0) is 19.1 Å². The summed E-state index contributed by atoms with van der Waals surface area (Å²) in [6.07, 6.45) is 1.01. The van der Waals surface area contributed by atoms with E-state index in [4.69, 9.17) is 15.2 Å². The fourth-order valence-corrected chi connectivity index (χ4v) is 2.98. The van der Waals surface area contributed by atoms with Gasteiger partial charge in [-0.25, -0.2) is 9.59 Å². The summed E-state index contributed by atoms with van der Waals surface area (Å²) in [6.45, 7) is 14.5. The number of hydrogen-bond donors (Lipinski definition) is 5. The third-order valence-corrected chi connectivity index (χ3v) is 4.43. The van der Waals surface area contributed by atoms with Crippen LogP contribution in [0.4, 0.5) is 9.59 Å². The number of hydrogen-bond acceptors (Lipinski definition) is 8. The molecule has 0 spiro atoms. The minimum absolute atomic E-state index is 0.0898. The zero-order valence-corrected chi connectivity index (χ0v) is 23.0. The zero-order valence-electron chi connectivity index (χ0n) is 23.0. The van der Waals surface area contributed by atoms with E-state index in [9.17, 15) is 19.2 Å². The van der Waals surface area contributed by atoms with Crippen LogP contribution >= 0.6 is 0 Å². The molecular formula is C24H48N6O6. The number of rotatable bonds is 16. The van der Waals surface area contributed by atoms with Gasteiger partial charge in [-0.3, -0.25) is 9.59 Å². The maximum absolute atomic E-state index is 12.0. The van der Waals surface area contributed by atoms with Gasteiger partial charge < -0.3 is 41.4 Å². The van der Waals surface area contributed by atoms with E-state index in [1.165, 1.54) is 0 Å². The van der Waals surface area contributed by atoms with Crippen LogP contribution in [0.15, 0.2) is 0 Å². The molecule has 0 aliphatic carbocycles. The molecule has 4 amide bonds. The Morgan fingerprint density at radius 1 is 0.639 bits per heavy atom. The van der Waals surface area contributed by atoms with E-state index < -0.39 is 23.4 Å². The second-order valence-corrected chi connectivity index (χ2v) is 10.4. The molecule has 0 aliphatic rings. The smallest absolute Gasteiger partial charge is 0.407 e. The third kappa shape index (κ3) is 21.9. The highest BCUT2D eigenvalue weighted by atomic mass is 16.6. The van der Waals surface area contributed by atoms with Gasteiger partial charge in [0.05, 0.1) is 0 Å². The van der Waals surface area contributed by atoms with Gasteiger partial charge in [-0.1, -0.05) is 0 Å². The van der Waals surface area contributed by atoms with Crippen molar-refractivity contribution in [3.8, 4) is 0 Å². The Morgan fingerprint density at radius 2 is 1.00 bits per heavy atom. The van der Waals surface area contributed by atoms with Crippen LogP contribution in [0.1, 0.15) is 67.2 Å². The standard InChI is InChI=1S/C24H48N6O6/c1-23(2,3)35-21(33)28-14-12-26-19(31)9-7-16-30(18-11-25)17-8-10-20(32)27-13-15-29-22(34)36-24(4,5)6/h7-18,25H2,1-6H3,(H,26,31)(H,27,32)(H,28,33)(H,29,34). The lowest BCUT2D eigenvalue weighted by Gasteiger charge is -2.21. The molecule has 0 saturated heterocycles. The summed E-state index contributed by atoms with van der Waals surface area (Å²) >= 11 is 0. The number of ether oxygens (including phenoxy) is 2. The van der Waals surface area contributed by atoms with Gasteiger partial charge in [0.1, 0.15) is 11.2 Å². The molecule has 0 heterocycles. The van der Waals surface area contributed by atoms with Gasteiger partial charge in [0.2, 0.25) is 11.8 Å². The highest BCUT2D eigenvalue weighted by Crippen LogP contribution is 2.06. The van der Waals surface area contributed by atoms with Crippen molar-refractivity contribution >= 4 is 24.0 Å². The average Bonchev–Trinajstić information content (AvgIpc) is 2.72. The van der Waals surface area contributed by atoms with E-state index in [2.05, 4.69) is 26.2 Å². The van der Waals surface area contributed by atoms with E-state index >= 15 is 0 Å². The largest absolute Gasteiger partial charge is 0.444 e. The lowest BCUT2D eigenvalue weighted by molar-refractivity contribution is -0.121. The molecule has 0 aromatic heterocycles. The minimum Gasteiger partial charge on any atom is -0.444 e. The van der Waals surface area contributed by atoms with Crippen LogP contribution in [0.5, 0.6) is 0 Å². The molecule has 0 aromatic rings. The van der Waals surface area contributed by atoms with E-state index in [0.29, 0.717) is 78.0 Å². The van der Waals surface area contributed by atoms with Crippen LogP contribution in [-0.4, -0.2) is 92.5 Å². The summed E-state index contributed by atoms with van der Waals surface area (Å²) in [4.78, 5) is 49.3. The summed E-state index contributed by atoms with van der Waals surface area (Å²) in [5.74, 6) is -0.180. The van der Waals surface area contributed by atoms with Crippen LogP contribution in [0.2, 0.25) is 0 Å². The van der Waals surface area contributed by atoms with Crippen molar-refractivity contribution in [2.45, 2.75) is 78.4 Å². The Morgan fingerprint density at radius 3 is 1.33 bits per heavy atom. The predicted molar refractivity (Wildman–Crippen MR) is 138 cm³/mol. The molecule has 0 fully saturated rings. The first-order valence-electron chi connectivity index (χ1n) is 12.6. The first kappa shape index (κ1) is 33.4. The van der Waals surface area contributed by atoms with Crippen molar-refractivity contribution in [1.82, 2.24) is 26.2 Å². The topological polar surface area (TPSA) is 164 Å². The van der Waals surface area contributed by atoms with Crippen LogP contribution in [0.25, 0.3) is 0 Å². The van der Waals surface area contributed by atoms with Gasteiger partial charge in [0.25, 0.3) is 0 Å². The lowest BCUT2D eigenvalue weighted by atomic mass is 10.2. The Balaban J connectivity index is 3.95. The second kappa shape index (κ2) is 17.8. The van der Waals surface area contributed by atoms with Crippen molar-refractivity contribution in [3.05, 3.63) is 0 Å². The number of carbonyl (C=O) groups excluding carboxylic acids is 4. The summed E-state index contributed by atoms with van der Waals surface area (Å²) in [6, 6.07) is 0. The van der Waals surface area contributed by atoms with Gasteiger partial charge in [-0.2, -0.15) is 0 Å². The maximum atomic E-state index is 12.0. The molecule has 0 aromatic carbocycles. The molecule has 6 N–H and O–H groups in total. The van der Waals surface area contributed by atoms with E-state index in [1.807, 2.05) is 0 Å². The monoisotopic (exact) mass is 516 g/mol. The first-order chi connectivity index (χ1) is 16.7. The van der Waals surface area contributed by atoms with Gasteiger partial charge in [0, 0.05) is 52.1 Å². The molecule has 36 heavy (non-hydrogen) atoms. The molecule has 0 saturated carbocycles. The summed E-state index contributed by atoms with van der Waals surface area (Å²) < 4.78 is 10.3. The Labute approximate surface area is 215 Å². The first-order valence-corrected chi connectivity index (χ1v) is 12.6. The van der Waals surface area contributed by atoms with E-state index in [0.717, 1.165) is 0 Å². The van der Waals surface area contributed by atoms with Gasteiger partial charge >= 0.3 is 12.2 Å². The number of nitrogens with one attached hydrogen (secondary N) is 4. The third-order valence-electron chi connectivity index (χ3n) is 4.43. The molecule has 0 atom stereocenters. The average molecular weight is 517 g/mol. The van der Waals surface area contributed by atoms with Crippen LogP contribution in [0, 0.1) is 0 Å². The molecule has 0 rings (SSSR count). The molecule has 0 aliphatic heterocycles. The predicted octanol–water partition coefficient (Wildman–Crippen LogP) is 1.09. The summed E-state index contributed by atoms with van der Waals surface area (Å²) in [7, 11) is 0. The zero-order chi connectivity index (χ0) is 27.6. The normalized spacial score (nSPS) is 11.6. The van der Waals surface area contributed by atoms with Crippen molar-refractivity contribution in [3.63, 3.8) is 0 Å². The molecule has 12 nitrogen and oxygen atoms in total. The number of carbonyl (C=O) groups is 4. The fraction of sp³-hybridized carbons (Fsp3) is 0.833. The van der Waals surface area contributed by atoms with E-state index in [-0.39, 0.29) is 11.8 Å². The van der Waals surface area contributed by atoms with Crippen molar-refractivity contribution < 1.29 is 28.7 Å². The highest BCUT2D eigenvalue weighted by molar-refractivity contribution is 5.76. The molecular weight excluding hydrogens is 468 g/mol. The molecule has 0 unspecified atom stereocenters. The van der Waals surface area contributed by atoms with Crippen LogP contribution < -0.4 is 27.0 Å². The van der Waals surface area contributed by atoms with Gasteiger partial charge in [-0.05, 0) is 67.5 Å². The van der Waals surface area contributed by atoms with Crippen LogP contribution in [0.3, 0.4) is 0 Å². The fourth-order valence-electron chi connectivity index (χ4n) is 2.98. The quantitative estimate of drug-likeness (QED) is 0.190. The van der Waals surface area contributed by atoms with Crippen molar-refractivity contribution in [1.29, 1.82) is 0 Å². The van der Waals surface area contributed by atoms with Crippen molar-refractivity contribution in [2.75, 3.05) is 52.4 Å². The summed E-state index contributed by atoms with van der Waals surface area (Å²) in [5, 5.41) is 10.7. The number of nitrogens with zero attached hydrogens (tertiary/aromatic N) is 1. The number of amides is 4.